The average Bonchev–Trinajstić information content (AvgIpc) is 3.72. The van der Waals surface area contributed by atoms with Gasteiger partial charge in [-0.05, 0) is 41.5 Å². The highest BCUT2D eigenvalue weighted by molar-refractivity contribution is 8.76. The van der Waals surface area contributed by atoms with Crippen molar-refractivity contribution in [2.45, 2.75) is 76.3 Å². The number of aromatic nitrogens is 6. The molecule has 0 saturated heterocycles. The van der Waals surface area contributed by atoms with Gasteiger partial charge in [0.05, 0.1) is 34.7 Å². The summed E-state index contributed by atoms with van der Waals surface area (Å²) in [5, 5.41) is 1.03. The van der Waals surface area contributed by atoms with Crippen LogP contribution in [0.1, 0.15) is 71.1 Å². The largest absolute Gasteiger partial charge is 0.351 e. The van der Waals surface area contributed by atoms with Gasteiger partial charge in [-0.3, -0.25) is 0 Å². The second kappa shape index (κ2) is 18.5. The number of unbranched alkanes of at least 4 members (excludes halogenated alkanes) is 9. The predicted molar refractivity (Wildman–Crippen MR) is 161 cm³/mol. The fourth-order valence-corrected chi connectivity index (χ4v) is 5.79. The quantitative estimate of drug-likeness (QED) is 0.103. The van der Waals surface area contributed by atoms with Gasteiger partial charge < -0.3 is 15.0 Å². The second-order valence-corrected chi connectivity index (χ2v) is 11.2. The molecule has 3 aromatic heterocycles. The number of hydrogen-bond donors (Lipinski definition) is 3. The minimum Gasteiger partial charge on any atom is -0.351 e. The van der Waals surface area contributed by atoms with Gasteiger partial charge in [0.1, 0.15) is 0 Å². The molecule has 6 nitrogen and oxygen atoms in total. The smallest absolute Gasteiger partial charge is 0.177 e. The van der Waals surface area contributed by atoms with E-state index in [0.717, 1.165) is 27.2 Å². The summed E-state index contributed by atoms with van der Waals surface area (Å²) in [6, 6.07) is 16.2. The predicted octanol–water partition coefficient (Wildman–Crippen LogP) is 9.20. The third-order valence-electron chi connectivity index (χ3n) is 5.82. The molecule has 2 aromatic carbocycles. The van der Waals surface area contributed by atoms with Gasteiger partial charge in [0.2, 0.25) is 0 Å². The molecule has 0 fully saturated rings. The number of fused-ring (bicyclic) bond motifs is 2. The number of nitrogens with zero attached hydrogens (tertiary/aromatic N) is 3. The summed E-state index contributed by atoms with van der Waals surface area (Å²) < 4.78 is 0. The molecular formula is C29H40N6S2. The second-order valence-electron chi connectivity index (χ2n) is 8.83. The standard InChI is InChI=1S/C19H30N2S2.C7H6N2.C3H4N2/c1-2-3-4-5-6-7-8-9-10-13-16-22-23-19-20-17-14-11-12-15-18(17)21-19;1-2-4-7-6(3-1)8-5-9-7;1-2-5-3-4-1/h11-12,14-15H,2-10,13,16H2,1H3,(H,20,21);1-5H,(H,8,9);1-3H,(H,4,5). The zero-order valence-electron chi connectivity index (χ0n) is 21.9. The van der Waals surface area contributed by atoms with Crippen LogP contribution in [0, 0.1) is 0 Å². The van der Waals surface area contributed by atoms with Crippen LogP contribution in [0.15, 0.2) is 78.7 Å². The Morgan fingerprint density at radius 3 is 2.03 bits per heavy atom. The topological polar surface area (TPSA) is 86.0 Å². The lowest BCUT2D eigenvalue weighted by atomic mass is 10.1. The average molecular weight is 537 g/mol. The first-order valence-corrected chi connectivity index (χ1v) is 15.7. The van der Waals surface area contributed by atoms with Crippen molar-refractivity contribution < 1.29 is 0 Å². The highest BCUT2D eigenvalue weighted by atomic mass is 33.1. The van der Waals surface area contributed by atoms with Crippen molar-refractivity contribution in [2.75, 3.05) is 5.75 Å². The summed E-state index contributed by atoms with van der Waals surface area (Å²) in [5.74, 6) is 1.22. The number of benzene rings is 2. The summed E-state index contributed by atoms with van der Waals surface area (Å²) in [5.41, 5.74) is 4.32. The Kier molecular flexibility index (Phi) is 14.4. The summed E-state index contributed by atoms with van der Waals surface area (Å²) in [6.07, 6.45) is 20.8. The Balaban J connectivity index is 0.000000217. The van der Waals surface area contributed by atoms with E-state index in [4.69, 9.17) is 0 Å². The number of para-hydroxylation sites is 4. The minimum absolute atomic E-state index is 1.03. The Morgan fingerprint density at radius 1 is 0.730 bits per heavy atom. The molecule has 0 amide bonds. The Labute approximate surface area is 228 Å². The highest BCUT2D eigenvalue weighted by Crippen LogP contribution is 2.31. The molecule has 8 heteroatoms. The van der Waals surface area contributed by atoms with E-state index in [-0.39, 0.29) is 0 Å². The van der Waals surface area contributed by atoms with Gasteiger partial charge >= 0.3 is 0 Å². The Morgan fingerprint density at radius 2 is 1.41 bits per heavy atom. The SMILES string of the molecule is CCCCCCCCCCCCSSc1nc2ccccc2[nH]1.c1c[nH]cn1.c1ccc2[nH]cnc2c1. The monoisotopic (exact) mass is 536 g/mol. The Bertz CT molecular complexity index is 1120. The zero-order chi connectivity index (χ0) is 25.8. The van der Waals surface area contributed by atoms with E-state index in [1.807, 2.05) is 47.2 Å². The summed E-state index contributed by atoms with van der Waals surface area (Å²) in [6.45, 7) is 2.28. The maximum atomic E-state index is 4.59. The van der Waals surface area contributed by atoms with Gasteiger partial charge in [-0.15, -0.1) is 0 Å². The van der Waals surface area contributed by atoms with Crippen molar-refractivity contribution in [3.8, 4) is 0 Å². The lowest BCUT2D eigenvalue weighted by Gasteiger charge is -2.02. The first kappa shape index (κ1) is 28.9. The first-order chi connectivity index (χ1) is 18.4. The van der Waals surface area contributed by atoms with Crippen LogP contribution in [0.2, 0.25) is 0 Å². The molecule has 5 rings (SSSR count). The molecule has 3 N–H and O–H groups in total. The number of H-pyrrole nitrogens is 3. The van der Waals surface area contributed by atoms with Crippen LogP contribution >= 0.6 is 21.6 Å². The lowest BCUT2D eigenvalue weighted by Crippen LogP contribution is -1.83. The van der Waals surface area contributed by atoms with Crippen molar-refractivity contribution in [1.29, 1.82) is 0 Å². The maximum Gasteiger partial charge on any atom is 0.177 e. The molecule has 5 aromatic rings. The van der Waals surface area contributed by atoms with Gasteiger partial charge in [-0.25, -0.2) is 15.0 Å². The summed E-state index contributed by atoms with van der Waals surface area (Å²) >= 11 is 0. The van der Waals surface area contributed by atoms with Crippen molar-refractivity contribution in [3.63, 3.8) is 0 Å². The minimum atomic E-state index is 1.03. The lowest BCUT2D eigenvalue weighted by molar-refractivity contribution is 0.563. The molecule has 3 heterocycles. The Hall–Kier alpha value is -2.71. The normalized spacial score (nSPS) is 10.6. The third kappa shape index (κ3) is 11.9. The van der Waals surface area contributed by atoms with Crippen LogP contribution in [-0.2, 0) is 0 Å². The van der Waals surface area contributed by atoms with E-state index >= 15 is 0 Å². The van der Waals surface area contributed by atoms with Crippen LogP contribution in [0.3, 0.4) is 0 Å². The molecule has 0 aliphatic carbocycles. The van der Waals surface area contributed by atoms with Crippen molar-refractivity contribution >= 4 is 43.7 Å². The molecular weight excluding hydrogens is 496 g/mol. The van der Waals surface area contributed by atoms with Crippen LogP contribution < -0.4 is 0 Å². The van der Waals surface area contributed by atoms with Gasteiger partial charge in [0, 0.05) is 18.1 Å². The van der Waals surface area contributed by atoms with Gasteiger partial charge in [-0.1, -0.05) is 99.8 Å². The molecule has 0 saturated carbocycles. The van der Waals surface area contributed by atoms with E-state index in [0.29, 0.717) is 0 Å². The molecule has 0 bridgehead atoms. The fraction of sp³-hybridized carbons (Fsp3) is 0.414. The maximum absolute atomic E-state index is 4.59. The molecule has 0 atom stereocenters. The third-order valence-corrected chi connectivity index (χ3v) is 8.07. The van der Waals surface area contributed by atoms with E-state index < -0.39 is 0 Å². The van der Waals surface area contributed by atoms with E-state index in [1.165, 1.54) is 70.0 Å². The first-order valence-electron chi connectivity index (χ1n) is 13.4. The van der Waals surface area contributed by atoms with Crippen molar-refractivity contribution in [2.24, 2.45) is 0 Å². The zero-order valence-corrected chi connectivity index (χ0v) is 23.5. The summed E-state index contributed by atoms with van der Waals surface area (Å²) in [7, 11) is 3.70. The van der Waals surface area contributed by atoms with Crippen molar-refractivity contribution in [3.05, 3.63) is 73.6 Å². The number of hydrogen-bond acceptors (Lipinski definition) is 5. The van der Waals surface area contributed by atoms with E-state index in [9.17, 15) is 0 Å². The molecule has 0 radical (unpaired) electrons. The number of rotatable bonds is 13. The molecule has 198 valence electrons. The van der Waals surface area contributed by atoms with Crippen molar-refractivity contribution in [1.82, 2.24) is 29.9 Å². The molecule has 0 aliphatic rings. The van der Waals surface area contributed by atoms with E-state index in [2.05, 4.69) is 49.0 Å². The van der Waals surface area contributed by atoms with Gasteiger partial charge in [-0.2, -0.15) is 0 Å². The molecule has 37 heavy (non-hydrogen) atoms. The van der Waals surface area contributed by atoms with Gasteiger partial charge in [0.15, 0.2) is 5.16 Å². The van der Waals surface area contributed by atoms with E-state index in [1.54, 1.807) is 35.8 Å². The number of imidazole rings is 3. The van der Waals surface area contributed by atoms with Crippen LogP contribution in [-0.4, -0.2) is 35.7 Å². The fourth-order valence-electron chi connectivity index (χ4n) is 3.81. The summed E-state index contributed by atoms with van der Waals surface area (Å²) in [4.78, 5) is 21.4. The van der Waals surface area contributed by atoms with Crippen LogP contribution in [0.4, 0.5) is 0 Å². The number of aromatic amines is 3. The van der Waals surface area contributed by atoms with Crippen LogP contribution in [0.25, 0.3) is 22.1 Å². The van der Waals surface area contributed by atoms with Crippen LogP contribution in [0.5, 0.6) is 0 Å². The number of nitrogens with one attached hydrogen (secondary N) is 3. The molecule has 0 unspecified atom stereocenters. The molecule has 0 spiro atoms. The molecule has 0 aliphatic heterocycles. The van der Waals surface area contributed by atoms with Gasteiger partial charge in [0.25, 0.3) is 0 Å². The highest BCUT2D eigenvalue weighted by Gasteiger charge is 2.02.